The van der Waals surface area contributed by atoms with E-state index in [1.165, 1.54) is 73.7 Å². The minimum Gasteiger partial charge on any atom is -0.456 e. The number of thiophene rings is 2. The van der Waals surface area contributed by atoms with E-state index in [0.717, 1.165) is 67.2 Å². The number of para-hydroxylation sites is 2. The second-order valence-corrected chi connectivity index (χ2v) is 21.7. The van der Waals surface area contributed by atoms with Crippen molar-refractivity contribution in [3.63, 3.8) is 0 Å². The van der Waals surface area contributed by atoms with E-state index in [1.54, 1.807) is 0 Å². The molecule has 0 saturated carbocycles. The third kappa shape index (κ3) is 7.86. The molecule has 15 aromatic rings. The van der Waals surface area contributed by atoms with E-state index < -0.39 is 0 Å². The van der Waals surface area contributed by atoms with Crippen LogP contribution in [0.15, 0.2) is 283 Å². The molecule has 0 aliphatic carbocycles. The summed E-state index contributed by atoms with van der Waals surface area (Å²) in [6.07, 6.45) is 0. The van der Waals surface area contributed by atoms with Crippen LogP contribution in [0.3, 0.4) is 0 Å². The van der Waals surface area contributed by atoms with Gasteiger partial charge in [0, 0.05) is 79.4 Å². The molecule has 3 aromatic heterocycles. The number of benzene rings is 12. The van der Waals surface area contributed by atoms with E-state index >= 15 is 0 Å². The number of fused-ring (bicyclic) bond motifs is 9. The lowest BCUT2D eigenvalue weighted by molar-refractivity contribution is 0.669. The standard InChI is InChI=1S/C72H46N2OS2/c1-4-17-47(18-5-1)50-21-14-24-55(43-50)74(54-37-33-48(34-38-54)51-36-42-69-63(44-51)60-26-11-13-31-68(60)76-69)65-30-16-32-70-71(65)61-28-15-27-58(72(61)77-70)52-35-40-59-62-46-56(39-41-66(62)75-67(59)45-52)73(53-22-8-3-9-23-53)64-29-12-10-25-57(64)49-19-6-2-7-20-49/h1-46H. The van der Waals surface area contributed by atoms with Crippen molar-refractivity contribution in [2.24, 2.45) is 0 Å². The molecule has 0 atom stereocenters. The van der Waals surface area contributed by atoms with Gasteiger partial charge in [0.1, 0.15) is 11.2 Å². The topological polar surface area (TPSA) is 19.6 Å². The van der Waals surface area contributed by atoms with Crippen molar-refractivity contribution in [2.75, 3.05) is 9.80 Å². The molecule has 0 unspecified atom stereocenters. The van der Waals surface area contributed by atoms with Crippen molar-refractivity contribution in [2.45, 2.75) is 0 Å². The zero-order valence-corrected chi connectivity index (χ0v) is 43.3. The van der Waals surface area contributed by atoms with Crippen molar-refractivity contribution < 1.29 is 4.42 Å². The Labute approximate surface area is 454 Å². The van der Waals surface area contributed by atoms with Crippen LogP contribution >= 0.6 is 22.7 Å². The van der Waals surface area contributed by atoms with Crippen LogP contribution in [0.4, 0.5) is 34.1 Å². The van der Waals surface area contributed by atoms with Gasteiger partial charge in [-0.3, -0.25) is 0 Å². The molecule has 0 bridgehead atoms. The van der Waals surface area contributed by atoms with Crippen LogP contribution < -0.4 is 9.80 Å². The minimum absolute atomic E-state index is 0.858. The normalized spacial score (nSPS) is 11.6. The Morgan fingerprint density at radius 3 is 1.68 bits per heavy atom. The quantitative estimate of drug-likeness (QED) is 0.136. The molecule has 77 heavy (non-hydrogen) atoms. The van der Waals surface area contributed by atoms with Crippen molar-refractivity contribution in [1.82, 2.24) is 0 Å². The average molecular weight is 1020 g/mol. The van der Waals surface area contributed by atoms with Crippen LogP contribution in [0.2, 0.25) is 0 Å². The van der Waals surface area contributed by atoms with Crippen LogP contribution in [-0.4, -0.2) is 0 Å². The first-order valence-electron chi connectivity index (χ1n) is 26.0. The summed E-state index contributed by atoms with van der Waals surface area (Å²) in [5.74, 6) is 0. The summed E-state index contributed by atoms with van der Waals surface area (Å²) in [6, 6.07) is 101. The molecule has 0 saturated heterocycles. The van der Waals surface area contributed by atoms with Crippen LogP contribution in [0.5, 0.6) is 0 Å². The molecule has 3 heterocycles. The number of nitrogens with zero attached hydrogens (tertiary/aromatic N) is 2. The molecule has 0 spiro atoms. The van der Waals surface area contributed by atoms with Gasteiger partial charge in [0.2, 0.25) is 0 Å². The molecule has 0 aliphatic rings. The summed E-state index contributed by atoms with van der Waals surface area (Å²) >= 11 is 3.71. The molecule has 0 N–H and O–H groups in total. The predicted molar refractivity (Wildman–Crippen MR) is 331 cm³/mol. The molecule has 12 aromatic carbocycles. The van der Waals surface area contributed by atoms with E-state index in [2.05, 4.69) is 289 Å². The summed E-state index contributed by atoms with van der Waals surface area (Å²) in [6.45, 7) is 0. The van der Waals surface area contributed by atoms with Crippen molar-refractivity contribution in [3.8, 4) is 44.5 Å². The number of rotatable bonds is 10. The lowest BCUT2D eigenvalue weighted by Gasteiger charge is -2.28. The zero-order chi connectivity index (χ0) is 50.8. The number of hydrogen-bond donors (Lipinski definition) is 0. The Balaban J connectivity index is 0.835. The zero-order valence-electron chi connectivity index (χ0n) is 41.7. The van der Waals surface area contributed by atoms with Gasteiger partial charge in [-0.05, 0) is 142 Å². The number of hydrogen-bond acceptors (Lipinski definition) is 5. The fourth-order valence-corrected chi connectivity index (χ4v) is 13.8. The Morgan fingerprint density at radius 2 is 0.818 bits per heavy atom. The molecule has 0 fully saturated rings. The molecule has 362 valence electrons. The van der Waals surface area contributed by atoms with E-state index in [4.69, 9.17) is 4.42 Å². The maximum atomic E-state index is 6.76. The average Bonchev–Trinajstić information content (AvgIpc) is 4.24. The third-order valence-electron chi connectivity index (χ3n) is 15.1. The van der Waals surface area contributed by atoms with E-state index in [0.29, 0.717) is 0 Å². The number of furan rings is 1. The lowest BCUT2D eigenvalue weighted by Crippen LogP contribution is -2.11. The van der Waals surface area contributed by atoms with E-state index in [-0.39, 0.29) is 0 Å². The minimum atomic E-state index is 0.858. The van der Waals surface area contributed by atoms with Gasteiger partial charge in [-0.25, -0.2) is 0 Å². The molecule has 5 heteroatoms. The summed E-state index contributed by atoms with van der Waals surface area (Å²) in [4.78, 5) is 4.80. The molecular weight excluding hydrogens is 973 g/mol. The van der Waals surface area contributed by atoms with Crippen molar-refractivity contribution in [1.29, 1.82) is 0 Å². The van der Waals surface area contributed by atoms with Gasteiger partial charge in [-0.1, -0.05) is 176 Å². The first-order chi connectivity index (χ1) is 38.2. The second kappa shape index (κ2) is 18.7. The van der Waals surface area contributed by atoms with Gasteiger partial charge < -0.3 is 14.2 Å². The van der Waals surface area contributed by atoms with Crippen LogP contribution in [0.25, 0.3) is 107 Å². The highest BCUT2D eigenvalue weighted by Gasteiger charge is 2.23. The van der Waals surface area contributed by atoms with Gasteiger partial charge in [0.05, 0.1) is 11.4 Å². The molecule has 0 amide bonds. The van der Waals surface area contributed by atoms with Gasteiger partial charge in [-0.2, -0.15) is 0 Å². The molecule has 0 aliphatic heterocycles. The number of anilines is 6. The van der Waals surface area contributed by atoms with E-state index in [9.17, 15) is 0 Å². The Hall–Kier alpha value is -9.52. The smallest absolute Gasteiger partial charge is 0.136 e. The molecule has 15 rings (SSSR count). The maximum absolute atomic E-state index is 6.76. The van der Waals surface area contributed by atoms with Crippen LogP contribution in [0.1, 0.15) is 0 Å². The first kappa shape index (κ1) is 44.9. The van der Waals surface area contributed by atoms with Gasteiger partial charge >= 0.3 is 0 Å². The largest absolute Gasteiger partial charge is 0.456 e. The molecular formula is C72H46N2OS2. The highest BCUT2D eigenvalue weighted by atomic mass is 32.1. The van der Waals surface area contributed by atoms with Crippen LogP contribution in [-0.2, 0) is 0 Å². The van der Waals surface area contributed by atoms with Crippen molar-refractivity contribution >= 4 is 119 Å². The second-order valence-electron chi connectivity index (χ2n) is 19.6. The fraction of sp³-hybridized carbons (Fsp3) is 0. The molecule has 3 nitrogen and oxygen atoms in total. The maximum Gasteiger partial charge on any atom is 0.136 e. The fourth-order valence-electron chi connectivity index (χ4n) is 11.4. The summed E-state index contributed by atoms with van der Waals surface area (Å²) in [5, 5.41) is 7.23. The predicted octanol–water partition coefficient (Wildman–Crippen LogP) is 21.9. The van der Waals surface area contributed by atoms with Crippen LogP contribution in [0, 0.1) is 0 Å². The first-order valence-corrected chi connectivity index (χ1v) is 27.7. The van der Waals surface area contributed by atoms with Gasteiger partial charge in [0.15, 0.2) is 0 Å². The summed E-state index contributed by atoms with van der Waals surface area (Å²) < 4.78 is 11.9. The lowest BCUT2D eigenvalue weighted by atomic mass is 9.99. The summed E-state index contributed by atoms with van der Waals surface area (Å²) in [5.41, 5.74) is 17.7. The highest BCUT2D eigenvalue weighted by molar-refractivity contribution is 7.26. The van der Waals surface area contributed by atoms with Gasteiger partial charge in [0.25, 0.3) is 0 Å². The highest BCUT2D eigenvalue weighted by Crippen LogP contribution is 2.49. The SMILES string of the molecule is c1ccc(-c2cccc(N(c3ccc(-c4ccc5sc6ccccc6c5c4)cc3)c3cccc4sc5c(-c6ccc7c(c6)oc6ccc(N(c8ccccc8)c8ccccc8-c8ccccc8)cc67)cccc5c34)c2)cc1. The molecule has 0 radical (unpaired) electrons. The Morgan fingerprint density at radius 1 is 0.260 bits per heavy atom. The third-order valence-corrected chi connectivity index (χ3v) is 17.4. The Bertz CT molecular complexity index is 4690. The van der Waals surface area contributed by atoms with E-state index in [1.807, 2.05) is 22.7 Å². The monoisotopic (exact) mass is 1020 g/mol. The van der Waals surface area contributed by atoms with Gasteiger partial charge in [-0.15, -0.1) is 22.7 Å². The van der Waals surface area contributed by atoms with Crippen molar-refractivity contribution in [3.05, 3.63) is 279 Å². The Kier molecular flexibility index (Phi) is 10.9. The summed E-state index contributed by atoms with van der Waals surface area (Å²) in [7, 11) is 0.